The van der Waals surface area contributed by atoms with Gasteiger partial charge >= 0.3 is 0 Å². The summed E-state index contributed by atoms with van der Waals surface area (Å²) < 4.78 is 2.81. The van der Waals surface area contributed by atoms with Crippen molar-refractivity contribution in [1.29, 1.82) is 0 Å². The van der Waals surface area contributed by atoms with E-state index in [1.807, 2.05) is 22.7 Å². The third-order valence-corrected chi connectivity index (χ3v) is 6.83. The van der Waals surface area contributed by atoms with Gasteiger partial charge in [0.1, 0.15) is 0 Å². The molecule has 2 heterocycles. The number of thiophene rings is 2. The summed E-state index contributed by atoms with van der Waals surface area (Å²) in [6, 6.07) is 4.79. The molecular formula is C15H21NS2. The summed E-state index contributed by atoms with van der Waals surface area (Å²) >= 11 is 3.72. The van der Waals surface area contributed by atoms with E-state index in [2.05, 4.69) is 31.4 Å². The van der Waals surface area contributed by atoms with Crippen molar-refractivity contribution >= 4 is 32.1 Å². The molecule has 2 aromatic heterocycles. The summed E-state index contributed by atoms with van der Waals surface area (Å²) in [6.07, 6.45) is 3.95. The molecule has 1 nitrogen and oxygen atoms in total. The Labute approximate surface area is 117 Å². The van der Waals surface area contributed by atoms with E-state index >= 15 is 0 Å². The largest absolute Gasteiger partial charge is 0.323 e. The van der Waals surface area contributed by atoms with Crippen molar-refractivity contribution < 1.29 is 0 Å². The lowest BCUT2D eigenvalue weighted by Crippen LogP contribution is -2.28. The van der Waals surface area contributed by atoms with Gasteiger partial charge in [-0.3, -0.25) is 0 Å². The van der Waals surface area contributed by atoms with Crippen LogP contribution in [0.5, 0.6) is 0 Å². The second kappa shape index (κ2) is 4.95. The maximum absolute atomic E-state index is 6.52. The van der Waals surface area contributed by atoms with Gasteiger partial charge in [0.15, 0.2) is 0 Å². The first kappa shape index (κ1) is 12.6. The molecule has 0 aromatic carbocycles. The topological polar surface area (TPSA) is 26.0 Å². The second-order valence-electron chi connectivity index (χ2n) is 5.85. The summed E-state index contributed by atoms with van der Waals surface area (Å²) in [7, 11) is 0. The van der Waals surface area contributed by atoms with E-state index < -0.39 is 0 Å². The van der Waals surface area contributed by atoms with Crippen LogP contribution in [-0.2, 0) is 0 Å². The van der Waals surface area contributed by atoms with Crippen molar-refractivity contribution in [2.24, 2.45) is 23.5 Å². The van der Waals surface area contributed by atoms with Gasteiger partial charge in [0.25, 0.3) is 0 Å². The van der Waals surface area contributed by atoms with Crippen molar-refractivity contribution in [3.8, 4) is 0 Å². The van der Waals surface area contributed by atoms with Crippen molar-refractivity contribution in [2.75, 3.05) is 0 Å². The van der Waals surface area contributed by atoms with Crippen LogP contribution < -0.4 is 5.73 Å². The summed E-state index contributed by atoms with van der Waals surface area (Å²) in [5.41, 5.74) is 6.52. The minimum Gasteiger partial charge on any atom is -0.323 e. The van der Waals surface area contributed by atoms with Crippen LogP contribution in [0, 0.1) is 17.8 Å². The van der Waals surface area contributed by atoms with E-state index in [4.69, 9.17) is 5.73 Å². The van der Waals surface area contributed by atoms with Crippen LogP contribution in [0.25, 0.3) is 9.40 Å². The molecule has 1 aliphatic rings. The molecule has 1 saturated carbocycles. The van der Waals surface area contributed by atoms with Crippen LogP contribution in [-0.4, -0.2) is 0 Å². The summed E-state index contributed by atoms with van der Waals surface area (Å²) in [5, 5.41) is 2.17. The highest BCUT2D eigenvalue weighted by atomic mass is 32.1. The Hall–Kier alpha value is -0.380. The Kier molecular flexibility index (Phi) is 3.48. The number of hydrogen-bond acceptors (Lipinski definition) is 3. The second-order valence-corrected chi connectivity index (χ2v) is 7.91. The van der Waals surface area contributed by atoms with E-state index in [1.54, 1.807) is 0 Å². The molecule has 0 saturated heterocycles. The molecule has 0 radical (unpaired) electrons. The van der Waals surface area contributed by atoms with Crippen LogP contribution >= 0.6 is 22.7 Å². The fourth-order valence-electron chi connectivity index (χ4n) is 3.10. The van der Waals surface area contributed by atoms with Crippen LogP contribution in [0.3, 0.4) is 0 Å². The SMILES string of the molecule is CC1CCC(C(N)c2cc3sccc3s2)CC1C. The third kappa shape index (κ3) is 2.24. The molecule has 1 fully saturated rings. The molecule has 3 heteroatoms. The first-order valence-corrected chi connectivity index (χ1v) is 8.57. The van der Waals surface area contributed by atoms with Crippen molar-refractivity contribution in [3.63, 3.8) is 0 Å². The monoisotopic (exact) mass is 279 g/mol. The first-order valence-electron chi connectivity index (χ1n) is 6.87. The molecule has 4 atom stereocenters. The van der Waals surface area contributed by atoms with E-state index in [-0.39, 0.29) is 6.04 Å². The minimum atomic E-state index is 0.254. The van der Waals surface area contributed by atoms with Gasteiger partial charge in [0, 0.05) is 20.3 Å². The van der Waals surface area contributed by atoms with Crippen molar-refractivity contribution in [1.82, 2.24) is 0 Å². The van der Waals surface area contributed by atoms with E-state index in [0.717, 1.165) is 11.8 Å². The summed E-state index contributed by atoms with van der Waals surface area (Å²) in [5.74, 6) is 2.39. The van der Waals surface area contributed by atoms with Crippen LogP contribution in [0.1, 0.15) is 44.0 Å². The van der Waals surface area contributed by atoms with Crippen LogP contribution in [0.15, 0.2) is 17.5 Å². The molecule has 0 spiro atoms. The average Bonchev–Trinajstić information content (AvgIpc) is 2.92. The van der Waals surface area contributed by atoms with Crippen molar-refractivity contribution in [3.05, 3.63) is 22.4 Å². The zero-order valence-electron chi connectivity index (χ0n) is 11.1. The van der Waals surface area contributed by atoms with Gasteiger partial charge in [0.2, 0.25) is 0 Å². The number of nitrogens with two attached hydrogens (primary N) is 1. The Morgan fingerprint density at radius 1 is 1.22 bits per heavy atom. The summed E-state index contributed by atoms with van der Waals surface area (Å²) in [6.45, 7) is 4.77. The molecule has 1 aliphatic carbocycles. The van der Waals surface area contributed by atoms with Gasteiger partial charge in [0.05, 0.1) is 0 Å². The lowest BCUT2D eigenvalue weighted by Gasteiger charge is -2.34. The van der Waals surface area contributed by atoms with Crippen LogP contribution in [0.4, 0.5) is 0 Å². The number of fused-ring (bicyclic) bond motifs is 1. The Morgan fingerprint density at radius 3 is 2.78 bits per heavy atom. The van der Waals surface area contributed by atoms with Gasteiger partial charge < -0.3 is 5.73 Å². The van der Waals surface area contributed by atoms with E-state index in [1.165, 1.54) is 33.5 Å². The molecule has 0 bridgehead atoms. The average molecular weight is 279 g/mol. The fourth-order valence-corrected chi connectivity index (χ4v) is 5.31. The molecule has 3 rings (SSSR count). The third-order valence-electron chi connectivity index (χ3n) is 4.63. The molecular weight excluding hydrogens is 258 g/mol. The zero-order valence-corrected chi connectivity index (χ0v) is 12.7. The molecule has 98 valence electrons. The highest BCUT2D eigenvalue weighted by Crippen LogP contribution is 2.42. The lowest BCUT2D eigenvalue weighted by molar-refractivity contribution is 0.187. The van der Waals surface area contributed by atoms with Gasteiger partial charge in [-0.2, -0.15) is 0 Å². The van der Waals surface area contributed by atoms with E-state index in [0.29, 0.717) is 5.92 Å². The maximum atomic E-state index is 6.52. The zero-order chi connectivity index (χ0) is 12.7. The normalized spacial score (nSPS) is 30.7. The Morgan fingerprint density at radius 2 is 2.06 bits per heavy atom. The molecule has 2 aromatic rings. The molecule has 18 heavy (non-hydrogen) atoms. The first-order chi connectivity index (χ1) is 8.65. The standard InChI is InChI=1S/C15H21NS2/c1-9-3-4-11(7-10(9)2)15(16)14-8-13-12(18-14)5-6-17-13/h5-6,8-11,15H,3-4,7,16H2,1-2H3. The molecule has 0 amide bonds. The Bertz CT molecular complexity index is 499. The predicted octanol–water partition coefficient (Wildman–Crippen LogP) is 5.03. The lowest BCUT2D eigenvalue weighted by atomic mass is 9.73. The Balaban J connectivity index is 1.78. The highest BCUT2D eigenvalue weighted by Gasteiger charge is 2.29. The molecule has 0 aliphatic heterocycles. The van der Waals surface area contributed by atoms with Gasteiger partial charge in [-0.1, -0.05) is 20.3 Å². The van der Waals surface area contributed by atoms with Gasteiger partial charge in [-0.15, -0.1) is 22.7 Å². The van der Waals surface area contributed by atoms with Crippen LogP contribution in [0.2, 0.25) is 0 Å². The number of hydrogen-bond donors (Lipinski definition) is 1. The summed E-state index contributed by atoms with van der Waals surface area (Å²) in [4.78, 5) is 1.39. The van der Waals surface area contributed by atoms with E-state index in [9.17, 15) is 0 Å². The fraction of sp³-hybridized carbons (Fsp3) is 0.600. The smallest absolute Gasteiger partial charge is 0.0454 e. The highest BCUT2D eigenvalue weighted by molar-refractivity contribution is 7.26. The van der Waals surface area contributed by atoms with Gasteiger partial charge in [-0.25, -0.2) is 0 Å². The molecule has 4 unspecified atom stereocenters. The number of rotatable bonds is 2. The predicted molar refractivity (Wildman–Crippen MR) is 82.3 cm³/mol. The quantitative estimate of drug-likeness (QED) is 0.819. The maximum Gasteiger partial charge on any atom is 0.0454 e. The minimum absolute atomic E-state index is 0.254. The van der Waals surface area contributed by atoms with Gasteiger partial charge in [-0.05, 0) is 48.1 Å². The van der Waals surface area contributed by atoms with Crippen molar-refractivity contribution in [2.45, 2.75) is 39.2 Å². The molecule has 2 N–H and O–H groups in total.